The smallest absolute Gasteiger partial charge is 0.166 e. The molecule has 2 aromatic rings. The topological polar surface area (TPSA) is 0 Å². The average Bonchev–Trinajstić information content (AvgIpc) is 2.32. The largest absolute Gasteiger partial charge is 0.416 e. The summed E-state index contributed by atoms with van der Waals surface area (Å²) >= 11 is 6.07. The fourth-order valence-corrected chi connectivity index (χ4v) is 2.08. The fourth-order valence-electron chi connectivity index (χ4n) is 1.86. The number of hydrogen-bond donors (Lipinski definition) is 0. The lowest BCUT2D eigenvalue weighted by Gasteiger charge is -2.13. The molecule has 0 aliphatic carbocycles. The maximum Gasteiger partial charge on any atom is 0.416 e. The minimum atomic E-state index is -4.38. The van der Waals surface area contributed by atoms with Crippen molar-refractivity contribution in [2.45, 2.75) is 20.0 Å². The monoisotopic (exact) mass is 283 g/mol. The van der Waals surface area contributed by atoms with Gasteiger partial charge in [-0.1, -0.05) is 23.2 Å². The molecule has 0 unspecified atom stereocenters. The van der Waals surface area contributed by atoms with Crippen molar-refractivity contribution >= 4 is 11.6 Å². The summed E-state index contributed by atoms with van der Waals surface area (Å²) in [5.74, 6) is 0. The molecule has 2 aromatic carbocycles. The molecular weight excluding hydrogens is 273 g/mol. The third-order valence-electron chi connectivity index (χ3n) is 2.89. The number of aryl methyl sites for hydroxylation is 2. The molecule has 19 heavy (non-hydrogen) atoms. The molecule has 0 amide bonds. The Kier molecular flexibility index (Phi) is 3.59. The first kappa shape index (κ1) is 13.9. The van der Waals surface area contributed by atoms with E-state index in [1.807, 2.05) is 13.0 Å². The van der Waals surface area contributed by atoms with Crippen LogP contribution in [0.4, 0.5) is 13.2 Å². The molecule has 2 rings (SSSR count). The molecular formula is C15H11ClF3. The lowest BCUT2D eigenvalue weighted by molar-refractivity contribution is -0.137. The van der Waals surface area contributed by atoms with Crippen LogP contribution in [-0.2, 0) is 6.18 Å². The Bertz CT molecular complexity index is 615. The minimum absolute atomic E-state index is 0.432. The van der Waals surface area contributed by atoms with Crippen LogP contribution in [0.15, 0.2) is 30.3 Å². The first-order chi connectivity index (χ1) is 8.79. The van der Waals surface area contributed by atoms with Gasteiger partial charge in [0.1, 0.15) is 0 Å². The Morgan fingerprint density at radius 3 is 2.37 bits per heavy atom. The van der Waals surface area contributed by atoms with Gasteiger partial charge < -0.3 is 0 Å². The van der Waals surface area contributed by atoms with E-state index in [0.717, 1.165) is 17.7 Å². The van der Waals surface area contributed by atoms with Crippen molar-refractivity contribution in [2.75, 3.05) is 0 Å². The van der Waals surface area contributed by atoms with Crippen LogP contribution in [-0.4, -0.2) is 0 Å². The fraction of sp³-hybridized carbons (Fsp3) is 0.200. The average molecular weight is 284 g/mol. The molecule has 0 aliphatic rings. The van der Waals surface area contributed by atoms with Gasteiger partial charge in [-0.3, -0.25) is 0 Å². The lowest BCUT2D eigenvalue weighted by Crippen LogP contribution is -2.05. The van der Waals surface area contributed by atoms with Crippen LogP contribution in [0.2, 0.25) is 5.02 Å². The van der Waals surface area contributed by atoms with Gasteiger partial charge in [-0.25, -0.2) is 0 Å². The van der Waals surface area contributed by atoms with Crippen molar-refractivity contribution in [3.63, 3.8) is 0 Å². The lowest BCUT2D eigenvalue weighted by atomic mass is 9.96. The highest BCUT2D eigenvalue weighted by molar-refractivity contribution is 6.33. The summed E-state index contributed by atoms with van der Waals surface area (Å²) in [5, 5.41) is 0.432. The maximum absolute atomic E-state index is 12.7. The van der Waals surface area contributed by atoms with Gasteiger partial charge in [-0.2, -0.15) is 13.2 Å². The van der Waals surface area contributed by atoms with Crippen molar-refractivity contribution in [3.8, 4) is 11.1 Å². The Morgan fingerprint density at radius 2 is 1.74 bits per heavy atom. The van der Waals surface area contributed by atoms with Crippen molar-refractivity contribution in [1.82, 2.24) is 0 Å². The van der Waals surface area contributed by atoms with Crippen molar-refractivity contribution in [1.29, 1.82) is 0 Å². The Labute approximate surface area is 114 Å². The summed E-state index contributed by atoms with van der Waals surface area (Å²) < 4.78 is 38.2. The third kappa shape index (κ3) is 2.92. The van der Waals surface area contributed by atoms with Gasteiger partial charge in [0.15, 0.2) is 0 Å². The highest BCUT2D eigenvalue weighted by atomic mass is 35.5. The van der Waals surface area contributed by atoms with E-state index in [0.29, 0.717) is 21.7 Å². The van der Waals surface area contributed by atoms with E-state index >= 15 is 0 Å². The summed E-state index contributed by atoms with van der Waals surface area (Å²) in [6, 6.07) is 10.0. The highest BCUT2D eigenvalue weighted by Gasteiger charge is 2.31. The molecule has 0 atom stereocenters. The molecule has 0 saturated carbocycles. The quantitative estimate of drug-likeness (QED) is 0.653. The molecule has 0 spiro atoms. The van der Waals surface area contributed by atoms with Crippen molar-refractivity contribution in [2.24, 2.45) is 0 Å². The normalized spacial score (nSPS) is 11.7. The van der Waals surface area contributed by atoms with Gasteiger partial charge in [0, 0.05) is 10.6 Å². The van der Waals surface area contributed by atoms with Gasteiger partial charge in [0.25, 0.3) is 0 Å². The van der Waals surface area contributed by atoms with Crippen LogP contribution in [0.3, 0.4) is 0 Å². The summed E-state index contributed by atoms with van der Waals surface area (Å²) in [6.07, 6.45) is -4.38. The van der Waals surface area contributed by atoms with Gasteiger partial charge in [0.05, 0.1) is 5.56 Å². The predicted molar refractivity (Wildman–Crippen MR) is 70.2 cm³/mol. The second-order valence-corrected chi connectivity index (χ2v) is 4.82. The molecule has 0 fully saturated rings. The molecule has 0 N–H and O–H groups in total. The zero-order valence-corrected chi connectivity index (χ0v) is 11.2. The Hall–Kier alpha value is -1.48. The molecule has 99 valence electrons. The van der Waals surface area contributed by atoms with Crippen LogP contribution in [0.1, 0.15) is 16.7 Å². The van der Waals surface area contributed by atoms with E-state index in [1.54, 1.807) is 19.1 Å². The van der Waals surface area contributed by atoms with Crippen molar-refractivity contribution < 1.29 is 13.2 Å². The van der Waals surface area contributed by atoms with Gasteiger partial charge in [-0.15, -0.1) is 0 Å². The van der Waals surface area contributed by atoms with Crippen molar-refractivity contribution in [3.05, 3.63) is 58.1 Å². The van der Waals surface area contributed by atoms with Gasteiger partial charge in [0.2, 0.25) is 0 Å². The Morgan fingerprint density at radius 1 is 1.05 bits per heavy atom. The Balaban J connectivity index is 2.64. The molecule has 0 bridgehead atoms. The number of alkyl halides is 3. The number of rotatable bonds is 1. The van der Waals surface area contributed by atoms with E-state index in [1.165, 1.54) is 0 Å². The van der Waals surface area contributed by atoms with Gasteiger partial charge >= 0.3 is 6.18 Å². The van der Waals surface area contributed by atoms with E-state index in [4.69, 9.17) is 11.6 Å². The number of hydrogen-bond acceptors (Lipinski definition) is 0. The zero-order chi connectivity index (χ0) is 14.2. The second-order valence-electron chi connectivity index (χ2n) is 4.41. The summed E-state index contributed by atoms with van der Waals surface area (Å²) in [7, 11) is 0. The van der Waals surface area contributed by atoms with E-state index in [9.17, 15) is 13.2 Å². The molecule has 0 saturated heterocycles. The molecule has 4 heteroatoms. The number of halogens is 4. The van der Waals surface area contributed by atoms with E-state index in [-0.39, 0.29) is 0 Å². The second kappa shape index (κ2) is 4.89. The first-order valence-corrected chi connectivity index (χ1v) is 6.03. The van der Waals surface area contributed by atoms with Crippen LogP contribution in [0.5, 0.6) is 0 Å². The van der Waals surface area contributed by atoms with Crippen LogP contribution < -0.4 is 0 Å². The van der Waals surface area contributed by atoms with Crippen LogP contribution in [0.25, 0.3) is 11.1 Å². The SMILES string of the molecule is Cc1ccc(Cl)c(-c2cc(C(F)(F)F)c[c]c2C)c1. The third-order valence-corrected chi connectivity index (χ3v) is 3.22. The maximum atomic E-state index is 12.7. The van der Waals surface area contributed by atoms with E-state index in [2.05, 4.69) is 6.07 Å². The predicted octanol–water partition coefficient (Wildman–Crippen LogP) is 5.44. The molecule has 1 radical (unpaired) electrons. The van der Waals surface area contributed by atoms with E-state index < -0.39 is 11.7 Å². The van der Waals surface area contributed by atoms with Gasteiger partial charge in [-0.05, 0) is 55.3 Å². The standard InChI is InChI=1S/C15H11ClF3/c1-9-3-6-14(16)13(7-9)12-8-11(15(17,18)19)5-4-10(12)2/h3,5-8H,1-2H3. The highest BCUT2D eigenvalue weighted by Crippen LogP contribution is 2.36. The minimum Gasteiger partial charge on any atom is -0.166 e. The molecule has 0 heterocycles. The number of benzene rings is 2. The zero-order valence-electron chi connectivity index (χ0n) is 10.4. The first-order valence-electron chi connectivity index (χ1n) is 5.65. The van der Waals surface area contributed by atoms with Crippen LogP contribution in [0, 0.1) is 19.9 Å². The molecule has 0 aliphatic heterocycles. The molecule has 0 nitrogen and oxygen atoms in total. The summed E-state index contributed by atoms with van der Waals surface area (Å²) in [6.45, 7) is 3.58. The van der Waals surface area contributed by atoms with Crippen LogP contribution >= 0.6 is 11.6 Å². The summed E-state index contributed by atoms with van der Waals surface area (Å²) in [5.41, 5.74) is 1.92. The molecule has 0 aromatic heterocycles. The summed E-state index contributed by atoms with van der Waals surface area (Å²) in [4.78, 5) is 0.